The number of thioether (sulfide) groups is 1. The first-order valence-electron chi connectivity index (χ1n) is 8.67. The maximum atomic E-state index is 13.0. The van der Waals surface area contributed by atoms with Crippen molar-refractivity contribution >= 4 is 46.1 Å². The number of aromatic nitrogens is 4. The molecule has 0 saturated heterocycles. The molecule has 0 radical (unpaired) electrons. The molecule has 1 aliphatic carbocycles. The summed E-state index contributed by atoms with van der Waals surface area (Å²) in [5.74, 6) is 0.256. The van der Waals surface area contributed by atoms with Crippen LogP contribution in [0.1, 0.15) is 41.1 Å². The van der Waals surface area contributed by atoms with Crippen LogP contribution in [0.5, 0.6) is 0 Å². The molecule has 7 nitrogen and oxygen atoms in total. The van der Waals surface area contributed by atoms with Crippen LogP contribution in [0.25, 0.3) is 0 Å². The van der Waals surface area contributed by atoms with Gasteiger partial charge in [0, 0.05) is 11.3 Å². The van der Waals surface area contributed by atoms with E-state index in [0.717, 1.165) is 34.7 Å². The zero-order valence-corrected chi connectivity index (χ0v) is 16.7. The summed E-state index contributed by atoms with van der Waals surface area (Å²) in [6.07, 6.45) is 2.96. The van der Waals surface area contributed by atoms with Crippen molar-refractivity contribution in [2.24, 2.45) is 5.10 Å². The standard InChI is InChI=1S/C17H16N6OS3/c24-16(10-27-17-18-20-21-22(17)11-5-6-11)23-13(15-4-2-8-26-15)9-12(19-23)14-3-1-7-25-14/h1-4,7-8,11,13H,5-6,9-10H2/t13-/m0/s1. The number of tetrazole rings is 1. The second-order valence-electron chi connectivity index (χ2n) is 6.42. The van der Waals surface area contributed by atoms with Crippen molar-refractivity contribution in [3.05, 3.63) is 44.8 Å². The molecule has 138 valence electrons. The maximum Gasteiger partial charge on any atom is 0.253 e. The van der Waals surface area contributed by atoms with Gasteiger partial charge in [0.05, 0.1) is 28.4 Å². The van der Waals surface area contributed by atoms with E-state index in [1.54, 1.807) is 27.7 Å². The number of hydrazone groups is 1. The molecule has 4 heterocycles. The molecule has 10 heteroatoms. The molecular weight excluding hydrogens is 400 g/mol. The predicted octanol–water partition coefficient (Wildman–Crippen LogP) is 3.60. The minimum absolute atomic E-state index is 0.0182. The lowest BCUT2D eigenvalue weighted by atomic mass is 10.1. The van der Waals surface area contributed by atoms with Gasteiger partial charge in [0.25, 0.3) is 5.91 Å². The Kier molecular flexibility index (Phi) is 4.54. The predicted molar refractivity (Wildman–Crippen MR) is 106 cm³/mol. The van der Waals surface area contributed by atoms with E-state index in [0.29, 0.717) is 11.2 Å². The number of nitrogens with zero attached hydrogens (tertiary/aromatic N) is 6. The summed E-state index contributed by atoms with van der Waals surface area (Å²) in [5.41, 5.74) is 0.976. The van der Waals surface area contributed by atoms with Gasteiger partial charge in [0.1, 0.15) is 0 Å². The number of amides is 1. The van der Waals surface area contributed by atoms with E-state index in [-0.39, 0.29) is 17.7 Å². The fourth-order valence-electron chi connectivity index (χ4n) is 3.06. The third-order valence-electron chi connectivity index (χ3n) is 4.52. The van der Waals surface area contributed by atoms with Crippen molar-refractivity contribution < 1.29 is 4.79 Å². The van der Waals surface area contributed by atoms with Gasteiger partial charge in [-0.25, -0.2) is 9.69 Å². The Hall–Kier alpha value is -2.04. The first-order chi connectivity index (χ1) is 13.3. The second kappa shape index (κ2) is 7.17. The molecule has 1 fully saturated rings. The first kappa shape index (κ1) is 17.1. The van der Waals surface area contributed by atoms with E-state index in [9.17, 15) is 4.79 Å². The molecule has 3 aromatic rings. The van der Waals surface area contributed by atoms with Gasteiger partial charge in [0.2, 0.25) is 5.16 Å². The molecule has 1 amide bonds. The van der Waals surface area contributed by atoms with Crippen molar-refractivity contribution in [2.45, 2.75) is 36.5 Å². The number of carbonyl (C=O) groups is 1. The molecule has 0 spiro atoms. The Bertz CT molecular complexity index is 961. The summed E-state index contributed by atoms with van der Waals surface area (Å²) in [5, 5.41) is 23.0. The number of thiophene rings is 2. The van der Waals surface area contributed by atoms with Gasteiger partial charge in [-0.1, -0.05) is 23.9 Å². The maximum absolute atomic E-state index is 13.0. The summed E-state index contributed by atoms with van der Waals surface area (Å²) >= 11 is 4.71. The number of hydrogen-bond donors (Lipinski definition) is 0. The minimum Gasteiger partial charge on any atom is -0.272 e. The molecule has 5 rings (SSSR count). The SMILES string of the molecule is O=C(CSc1nnnn1C1CC1)N1N=C(c2cccs2)C[C@H]1c1cccs1. The summed E-state index contributed by atoms with van der Waals surface area (Å²) in [4.78, 5) is 15.3. The Morgan fingerprint density at radius 3 is 2.81 bits per heavy atom. The van der Waals surface area contributed by atoms with E-state index in [1.165, 1.54) is 11.8 Å². The van der Waals surface area contributed by atoms with Crippen LogP contribution in [0.15, 0.2) is 45.3 Å². The lowest BCUT2D eigenvalue weighted by Gasteiger charge is -2.20. The fourth-order valence-corrected chi connectivity index (χ4v) is 5.39. The lowest BCUT2D eigenvalue weighted by Crippen LogP contribution is -2.28. The molecule has 0 N–H and O–H groups in total. The third kappa shape index (κ3) is 3.44. The zero-order valence-electron chi connectivity index (χ0n) is 14.3. The molecule has 1 atom stereocenters. The monoisotopic (exact) mass is 416 g/mol. The van der Waals surface area contributed by atoms with Crippen LogP contribution in [-0.2, 0) is 4.79 Å². The average molecular weight is 417 g/mol. The van der Waals surface area contributed by atoms with Crippen LogP contribution in [0.3, 0.4) is 0 Å². The highest BCUT2D eigenvalue weighted by Crippen LogP contribution is 2.38. The van der Waals surface area contributed by atoms with Crippen molar-refractivity contribution in [1.82, 2.24) is 25.2 Å². The van der Waals surface area contributed by atoms with Gasteiger partial charge in [0.15, 0.2) is 0 Å². The summed E-state index contributed by atoms with van der Waals surface area (Å²) in [6, 6.07) is 8.52. The molecule has 0 aromatic carbocycles. The molecule has 2 aliphatic rings. The lowest BCUT2D eigenvalue weighted by molar-refractivity contribution is -0.130. The number of hydrogen-bond acceptors (Lipinski definition) is 8. The number of rotatable bonds is 6. The molecule has 1 aliphatic heterocycles. The fraction of sp³-hybridized carbons (Fsp3) is 0.353. The molecular formula is C17H16N6OS3. The molecule has 27 heavy (non-hydrogen) atoms. The van der Waals surface area contributed by atoms with E-state index < -0.39 is 0 Å². The topological polar surface area (TPSA) is 76.3 Å². The van der Waals surface area contributed by atoms with Gasteiger partial charge < -0.3 is 0 Å². The van der Waals surface area contributed by atoms with Crippen LogP contribution in [0.4, 0.5) is 0 Å². The largest absolute Gasteiger partial charge is 0.272 e. The minimum atomic E-state index is -0.0328. The van der Waals surface area contributed by atoms with Gasteiger partial charge in [-0.15, -0.1) is 27.8 Å². The highest BCUT2D eigenvalue weighted by molar-refractivity contribution is 7.99. The van der Waals surface area contributed by atoms with Crippen LogP contribution in [0.2, 0.25) is 0 Å². The number of carbonyl (C=O) groups excluding carboxylic acids is 1. The zero-order chi connectivity index (χ0) is 18.2. The summed E-state index contributed by atoms with van der Waals surface area (Å²) in [6.45, 7) is 0. The molecule has 3 aromatic heterocycles. The normalized spacial score (nSPS) is 19.5. The van der Waals surface area contributed by atoms with Crippen molar-refractivity contribution in [3.63, 3.8) is 0 Å². The second-order valence-corrected chi connectivity index (χ2v) is 9.29. The van der Waals surface area contributed by atoms with E-state index >= 15 is 0 Å². The van der Waals surface area contributed by atoms with Crippen LogP contribution in [0, 0.1) is 0 Å². The summed E-state index contributed by atoms with van der Waals surface area (Å²) < 4.78 is 1.83. The van der Waals surface area contributed by atoms with Crippen molar-refractivity contribution in [3.8, 4) is 0 Å². The van der Waals surface area contributed by atoms with E-state index in [2.05, 4.69) is 32.8 Å². The Labute approximate surface area is 168 Å². The quantitative estimate of drug-likeness (QED) is 0.574. The summed E-state index contributed by atoms with van der Waals surface area (Å²) in [7, 11) is 0. The van der Waals surface area contributed by atoms with Gasteiger partial charge in [-0.2, -0.15) is 5.10 Å². The third-order valence-corrected chi connectivity index (χ3v) is 7.33. The highest BCUT2D eigenvalue weighted by atomic mass is 32.2. The average Bonchev–Trinajstić information content (AvgIpc) is 3.22. The van der Waals surface area contributed by atoms with Crippen molar-refractivity contribution in [2.75, 3.05) is 5.75 Å². The van der Waals surface area contributed by atoms with Crippen molar-refractivity contribution in [1.29, 1.82) is 0 Å². The Morgan fingerprint density at radius 2 is 2.07 bits per heavy atom. The van der Waals surface area contributed by atoms with Gasteiger partial charge in [-0.05, 0) is 46.2 Å². The van der Waals surface area contributed by atoms with E-state index in [1.807, 2.05) is 27.6 Å². The molecule has 0 unspecified atom stereocenters. The van der Waals surface area contributed by atoms with E-state index in [4.69, 9.17) is 0 Å². The Morgan fingerprint density at radius 1 is 1.22 bits per heavy atom. The Balaban J connectivity index is 1.35. The highest BCUT2D eigenvalue weighted by Gasteiger charge is 2.34. The van der Waals surface area contributed by atoms with Gasteiger partial charge in [-0.3, -0.25) is 4.79 Å². The molecule has 0 bridgehead atoms. The van der Waals surface area contributed by atoms with Gasteiger partial charge >= 0.3 is 0 Å². The van der Waals surface area contributed by atoms with Crippen LogP contribution in [-0.4, -0.2) is 42.6 Å². The first-order valence-corrected chi connectivity index (χ1v) is 11.4. The molecule has 1 saturated carbocycles. The van der Waals surface area contributed by atoms with Crippen LogP contribution < -0.4 is 0 Å². The van der Waals surface area contributed by atoms with Crippen LogP contribution >= 0.6 is 34.4 Å². The smallest absolute Gasteiger partial charge is 0.253 e.